The number of nitrogens with zero attached hydrogens (tertiary/aromatic N) is 3. The number of rotatable bonds is 9. The molecule has 180 valence electrons. The van der Waals surface area contributed by atoms with E-state index in [-0.39, 0.29) is 19.1 Å². The monoisotopic (exact) mass is 502 g/mol. The second-order valence-electron chi connectivity index (χ2n) is 8.18. The van der Waals surface area contributed by atoms with Crippen LogP contribution in [0.5, 0.6) is 5.75 Å². The van der Waals surface area contributed by atoms with Gasteiger partial charge in [-0.3, -0.25) is 9.48 Å². The summed E-state index contributed by atoms with van der Waals surface area (Å²) in [5.41, 5.74) is 1.78. The van der Waals surface area contributed by atoms with Crippen molar-refractivity contribution in [3.63, 3.8) is 0 Å². The molecule has 8 nitrogen and oxygen atoms in total. The standard InChI is InChI=1S/C24H27ClN4O4S/c25-20-6-8-22(9-7-20)33-18-24(30)28-13-11-23(12-14-28)34(31,32)26-16-21-10-15-29(27-21)17-19-4-2-1-3-5-19/h1-10,15,23,26H,11-14,16-18H2. The number of hydrogen-bond donors (Lipinski definition) is 1. The molecular formula is C24H27ClN4O4S. The zero-order valence-corrected chi connectivity index (χ0v) is 20.2. The minimum atomic E-state index is -3.52. The van der Waals surface area contributed by atoms with Gasteiger partial charge in [0.1, 0.15) is 5.75 Å². The van der Waals surface area contributed by atoms with Crippen LogP contribution in [0.1, 0.15) is 24.1 Å². The Labute approximate surface area is 204 Å². The number of sulfonamides is 1. The summed E-state index contributed by atoms with van der Waals surface area (Å²) in [6.45, 7) is 1.42. The highest BCUT2D eigenvalue weighted by Gasteiger charge is 2.31. The van der Waals surface area contributed by atoms with Crippen molar-refractivity contribution in [1.29, 1.82) is 0 Å². The number of carbonyl (C=O) groups is 1. The van der Waals surface area contributed by atoms with Crippen molar-refractivity contribution >= 4 is 27.5 Å². The minimum absolute atomic E-state index is 0.0943. The molecule has 0 unspecified atom stereocenters. The molecule has 0 radical (unpaired) electrons. The topological polar surface area (TPSA) is 93.5 Å². The second kappa shape index (κ2) is 11.0. The summed E-state index contributed by atoms with van der Waals surface area (Å²) < 4.78 is 35.5. The Morgan fingerprint density at radius 3 is 2.47 bits per heavy atom. The third-order valence-electron chi connectivity index (χ3n) is 5.75. The Morgan fingerprint density at radius 1 is 1.06 bits per heavy atom. The lowest BCUT2D eigenvalue weighted by Gasteiger charge is -2.31. The summed E-state index contributed by atoms with van der Waals surface area (Å²) in [5, 5.41) is 4.51. The number of piperidine rings is 1. The Morgan fingerprint density at radius 2 is 1.76 bits per heavy atom. The summed E-state index contributed by atoms with van der Waals surface area (Å²) in [6.07, 6.45) is 2.60. The summed E-state index contributed by atoms with van der Waals surface area (Å²) in [4.78, 5) is 14.1. The second-order valence-corrected chi connectivity index (χ2v) is 10.7. The molecule has 1 amide bonds. The number of likely N-dealkylation sites (tertiary alicyclic amines) is 1. The van der Waals surface area contributed by atoms with Gasteiger partial charge in [-0.05, 0) is 48.7 Å². The number of ether oxygens (including phenoxy) is 1. The van der Waals surface area contributed by atoms with Gasteiger partial charge in [0, 0.05) is 24.3 Å². The number of hydrogen-bond acceptors (Lipinski definition) is 5. The van der Waals surface area contributed by atoms with Crippen molar-refractivity contribution in [1.82, 2.24) is 19.4 Å². The third-order valence-corrected chi connectivity index (χ3v) is 7.89. The van der Waals surface area contributed by atoms with Gasteiger partial charge in [-0.15, -0.1) is 0 Å². The highest BCUT2D eigenvalue weighted by Crippen LogP contribution is 2.19. The number of nitrogens with one attached hydrogen (secondary N) is 1. The maximum Gasteiger partial charge on any atom is 0.260 e. The first-order chi connectivity index (χ1) is 16.4. The smallest absolute Gasteiger partial charge is 0.260 e. The molecule has 4 rings (SSSR count). The van der Waals surface area contributed by atoms with Gasteiger partial charge in [-0.1, -0.05) is 41.9 Å². The van der Waals surface area contributed by atoms with Crippen molar-refractivity contribution in [3.8, 4) is 5.75 Å². The highest BCUT2D eigenvalue weighted by molar-refractivity contribution is 7.90. The number of benzene rings is 2. The fourth-order valence-electron chi connectivity index (χ4n) is 3.83. The first kappa shape index (κ1) is 24.3. The molecule has 0 saturated carbocycles. The third kappa shape index (κ3) is 6.59. The van der Waals surface area contributed by atoms with E-state index in [0.29, 0.717) is 48.9 Å². The molecule has 2 heterocycles. The average molecular weight is 503 g/mol. The van der Waals surface area contributed by atoms with Crippen molar-refractivity contribution in [2.45, 2.75) is 31.2 Å². The lowest BCUT2D eigenvalue weighted by Crippen LogP contribution is -2.46. The van der Waals surface area contributed by atoms with Gasteiger partial charge in [-0.2, -0.15) is 5.10 Å². The van der Waals surface area contributed by atoms with Crippen LogP contribution in [0.25, 0.3) is 0 Å². The van der Waals surface area contributed by atoms with Crippen LogP contribution in [-0.2, 0) is 27.9 Å². The Balaban J connectivity index is 1.22. The van der Waals surface area contributed by atoms with Crippen LogP contribution in [0.4, 0.5) is 0 Å². The normalized spacial score (nSPS) is 14.8. The molecule has 1 aliphatic rings. The number of amides is 1. The summed E-state index contributed by atoms with van der Waals surface area (Å²) in [6, 6.07) is 18.5. The van der Waals surface area contributed by atoms with E-state index >= 15 is 0 Å². The predicted molar refractivity (Wildman–Crippen MR) is 130 cm³/mol. The predicted octanol–water partition coefficient (Wildman–Crippen LogP) is 3.07. The van der Waals surface area contributed by atoms with E-state index in [1.54, 1.807) is 33.8 Å². The SMILES string of the molecule is O=C(COc1ccc(Cl)cc1)N1CCC(S(=O)(=O)NCc2ccn(Cc3ccccc3)n2)CC1. The fraction of sp³-hybridized carbons (Fsp3) is 0.333. The quantitative estimate of drug-likeness (QED) is 0.485. The van der Waals surface area contributed by atoms with Gasteiger partial charge < -0.3 is 9.64 Å². The molecule has 1 fully saturated rings. The molecule has 2 aromatic carbocycles. The molecule has 0 spiro atoms. The maximum atomic E-state index is 12.8. The van der Waals surface area contributed by atoms with Crippen molar-refractivity contribution in [3.05, 3.63) is 83.1 Å². The van der Waals surface area contributed by atoms with E-state index in [4.69, 9.17) is 16.3 Å². The van der Waals surface area contributed by atoms with Gasteiger partial charge >= 0.3 is 0 Å². The van der Waals surface area contributed by atoms with E-state index in [2.05, 4.69) is 9.82 Å². The van der Waals surface area contributed by atoms with Gasteiger partial charge in [0.2, 0.25) is 10.0 Å². The van der Waals surface area contributed by atoms with Gasteiger partial charge in [0.25, 0.3) is 5.91 Å². The van der Waals surface area contributed by atoms with Crippen LogP contribution < -0.4 is 9.46 Å². The van der Waals surface area contributed by atoms with Crippen molar-refractivity contribution in [2.24, 2.45) is 0 Å². The van der Waals surface area contributed by atoms with Crippen LogP contribution in [0.2, 0.25) is 5.02 Å². The molecule has 1 aromatic heterocycles. The average Bonchev–Trinajstić information content (AvgIpc) is 3.30. The number of halogens is 1. The van der Waals surface area contributed by atoms with E-state index < -0.39 is 15.3 Å². The van der Waals surface area contributed by atoms with E-state index in [1.165, 1.54) is 0 Å². The molecule has 0 bridgehead atoms. The molecule has 0 atom stereocenters. The van der Waals surface area contributed by atoms with Crippen LogP contribution in [-0.4, -0.2) is 54.0 Å². The Hall–Kier alpha value is -2.88. The largest absolute Gasteiger partial charge is 0.484 e. The summed E-state index contributed by atoms with van der Waals surface area (Å²) >= 11 is 5.85. The van der Waals surface area contributed by atoms with Crippen LogP contribution in [0.3, 0.4) is 0 Å². The van der Waals surface area contributed by atoms with Gasteiger partial charge in [0.05, 0.1) is 24.0 Å². The Kier molecular flexibility index (Phi) is 7.87. The summed E-state index contributed by atoms with van der Waals surface area (Å²) in [5.74, 6) is 0.397. The zero-order valence-electron chi connectivity index (χ0n) is 18.6. The molecule has 1 saturated heterocycles. The molecule has 1 N–H and O–H groups in total. The van der Waals surface area contributed by atoms with E-state index in [1.807, 2.05) is 42.6 Å². The maximum absolute atomic E-state index is 12.8. The first-order valence-corrected chi connectivity index (χ1v) is 13.0. The lowest BCUT2D eigenvalue weighted by atomic mass is 10.1. The van der Waals surface area contributed by atoms with Crippen molar-refractivity contribution < 1.29 is 17.9 Å². The fourth-order valence-corrected chi connectivity index (χ4v) is 5.37. The lowest BCUT2D eigenvalue weighted by molar-refractivity contribution is -0.134. The zero-order chi connectivity index (χ0) is 24.0. The molecule has 0 aliphatic carbocycles. The van der Waals surface area contributed by atoms with Gasteiger partial charge in [0.15, 0.2) is 6.61 Å². The molecule has 34 heavy (non-hydrogen) atoms. The molecular weight excluding hydrogens is 476 g/mol. The molecule has 3 aromatic rings. The first-order valence-electron chi connectivity index (χ1n) is 11.1. The summed E-state index contributed by atoms with van der Waals surface area (Å²) in [7, 11) is -3.52. The van der Waals surface area contributed by atoms with Crippen LogP contribution in [0, 0.1) is 0 Å². The molecule has 1 aliphatic heterocycles. The molecule has 10 heteroatoms. The number of aromatic nitrogens is 2. The highest BCUT2D eigenvalue weighted by atomic mass is 35.5. The minimum Gasteiger partial charge on any atom is -0.484 e. The van der Waals surface area contributed by atoms with E-state index in [9.17, 15) is 13.2 Å². The van der Waals surface area contributed by atoms with Gasteiger partial charge in [-0.25, -0.2) is 13.1 Å². The Bertz CT molecular complexity index is 1190. The van der Waals surface area contributed by atoms with E-state index in [0.717, 1.165) is 5.56 Å². The van der Waals surface area contributed by atoms with Crippen LogP contribution >= 0.6 is 11.6 Å². The van der Waals surface area contributed by atoms with Crippen molar-refractivity contribution in [2.75, 3.05) is 19.7 Å². The van der Waals surface area contributed by atoms with Crippen LogP contribution in [0.15, 0.2) is 66.9 Å². The number of carbonyl (C=O) groups excluding carboxylic acids is 1.